The fraction of sp³-hybridized carbons (Fsp3) is 0.538. The molecule has 1 aromatic heterocycles. The first-order valence-corrected chi connectivity index (χ1v) is 6.11. The zero-order chi connectivity index (χ0) is 13.7. The van der Waals surface area contributed by atoms with Crippen molar-refractivity contribution in [3.63, 3.8) is 0 Å². The minimum absolute atomic E-state index is 0.0347. The van der Waals surface area contributed by atoms with E-state index >= 15 is 0 Å². The van der Waals surface area contributed by atoms with E-state index in [4.69, 9.17) is 5.11 Å². The Balaban J connectivity index is 3.06. The second kappa shape index (κ2) is 6.35. The maximum atomic E-state index is 12.3. The lowest BCUT2D eigenvalue weighted by Gasteiger charge is -2.21. The molecule has 1 rings (SSSR count). The van der Waals surface area contributed by atoms with Gasteiger partial charge in [-0.3, -0.25) is 9.59 Å². The molecule has 0 aliphatic carbocycles. The van der Waals surface area contributed by atoms with Crippen LogP contribution in [-0.2, 0) is 0 Å². The molecule has 100 valence electrons. The number of carbonyl (C=O) groups excluding carboxylic acids is 1. The summed E-state index contributed by atoms with van der Waals surface area (Å²) in [5.74, 6) is -0.273. The van der Waals surface area contributed by atoms with Crippen molar-refractivity contribution >= 4 is 5.91 Å². The van der Waals surface area contributed by atoms with Crippen molar-refractivity contribution in [3.05, 3.63) is 33.2 Å². The molecule has 0 unspecified atom stereocenters. The van der Waals surface area contributed by atoms with Crippen molar-refractivity contribution in [1.82, 2.24) is 9.88 Å². The minimum atomic E-state index is -0.347. The van der Waals surface area contributed by atoms with Gasteiger partial charge < -0.3 is 15.0 Å². The first kappa shape index (κ1) is 14.4. The Kier molecular flexibility index (Phi) is 5.09. The molecule has 5 nitrogen and oxygen atoms in total. The standard InChI is InChI=1S/C13H20N2O3/c1-4-15(6-5-7-16)13(18)11-9(2)8-10(3)14-12(11)17/h8,16H,4-7H2,1-3H3,(H,14,17). The molecule has 0 saturated carbocycles. The molecule has 0 aromatic carbocycles. The highest BCUT2D eigenvalue weighted by atomic mass is 16.3. The fourth-order valence-corrected chi connectivity index (χ4v) is 1.94. The van der Waals surface area contributed by atoms with Gasteiger partial charge in [0.2, 0.25) is 0 Å². The lowest BCUT2D eigenvalue weighted by atomic mass is 10.1. The summed E-state index contributed by atoms with van der Waals surface area (Å²) < 4.78 is 0. The SMILES string of the molecule is CCN(CCCO)C(=O)c1c(C)cc(C)[nH]c1=O. The third-order valence-corrected chi connectivity index (χ3v) is 2.83. The molecule has 0 atom stereocenters. The van der Waals surface area contributed by atoms with Crippen molar-refractivity contribution < 1.29 is 9.90 Å². The monoisotopic (exact) mass is 252 g/mol. The molecule has 0 saturated heterocycles. The summed E-state index contributed by atoms with van der Waals surface area (Å²) in [5, 5.41) is 8.80. The van der Waals surface area contributed by atoms with Crippen LogP contribution < -0.4 is 5.56 Å². The lowest BCUT2D eigenvalue weighted by molar-refractivity contribution is 0.0751. The van der Waals surface area contributed by atoms with Gasteiger partial charge >= 0.3 is 0 Å². The van der Waals surface area contributed by atoms with Gasteiger partial charge in [-0.2, -0.15) is 0 Å². The number of carbonyl (C=O) groups is 1. The third kappa shape index (κ3) is 3.20. The maximum absolute atomic E-state index is 12.3. The van der Waals surface area contributed by atoms with Gasteiger partial charge in [0.05, 0.1) is 0 Å². The van der Waals surface area contributed by atoms with Gasteiger partial charge in [-0.15, -0.1) is 0 Å². The molecule has 0 aliphatic heterocycles. The predicted octanol–water partition coefficient (Wildman–Crippen LogP) is 0.836. The van der Waals surface area contributed by atoms with Crippen LogP contribution in [0.3, 0.4) is 0 Å². The first-order chi connectivity index (χ1) is 8.51. The number of aromatic amines is 1. The number of pyridine rings is 1. The van der Waals surface area contributed by atoms with E-state index in [-0.39, 0.29) is 23.6 Å². The summed E-state index contributed by atoms with van der Waals surface area (Å²) in [6.45, 7) is 6.41. The van der Waals surface area contributed by atoms with Crippen LogP contribution in [0.15, 0.2) is 10.9 Å². The second-order valence-corrected chi connectivity index (χ2v) is 4.30. The highest BCUT2D eigenvalue weighted by molar-refractivity contribution is 5.95. The molecule has 0 bridgehead atoms. The number of hydrogen-bond donors (Lipinski definition) is 2. The van der Waals surface area contributed by atoms with Crippen LogP contribution in [0.1, 0.15) is 35.0 Å². The molecule has 2 N–H and O–H groups in total. The quantitative estimate of drug-likeness (QED) is 0.815. The Morgan fingerprint density at radius 3 is 2.61 bits per heavy atom. The number of aromatic nitrogens is 1. The number of aliphatic hydroxyl groups excluding tert-OH is 1. The van der Waals surface area contributed by atoms with Gasteiger partial charge in [-0.05, 0) is 38.8 Å². The van der Waals surface area contributed by atoms with Crippen molar-refractivity contribution in [3.8, 4) is 0 Å². The van der Waals surface area contributed by atoms with Crippen molar-refractivity contribution in [2.75, 3.05) is 19.7 Å². The van der Waals surface area contributed by atoms with Crippen LogP contribution in [0.5, 0.6) is 0 Å². The Labute approximate surface area is 106 Å². The van der Waals surface area contributed by atoms with E-state index < -0.39 is 0 Å². The van der Waals surface area contributed by atoms with Gasteiger partial charge in [0.25, 0.3) is 11.5 Å². The van der Waals surface area contributed by atoms with Gasteiger partial charge in [0.1, 0.15) is 5.56 Å². The molecule has 0 spiro atoms. The Morgan fingerprint density at radius 1 is 1.44 bits per heavy atom. The number of aryl methyl sites for hydroxylation is 2. The van der Waals surface area contributed by atoms with Crippen LogP contribution in [0, 0.1) is 13.8 Å². The van der Waals surface area contributed by atoms with Gasteiger partial charge in [0, 0.05) is 25.4 Å². The zero-order valence-corrected chi connectivity index (χ0v) is 11.1. The number of nitrogens with one attached hydrogen (secondary N) is 1. The van der Waals surface area contributed by atoms with Crippen molar-refractivity contribution in [2.45, 2.75) is 27.2 Å². The topological polar surface area (TPSA) is 73.4 Å². The third-order valence-electron chi connectivity index (χ3n) is 2.83. The summed E-state index contributed by atoms with van der Waals surface area (Å²) in [6, 6.07) is 1.79. The second-order valence-electron chi connectivity index (χ2n) is 4.30. The molecule has 0 radical (unpaired) electrons. The van der Waals surface area contributed by atoms with Crippen molar-refractivity contribution in [2.24, 2.45) is 0 Å². The van der Waals surface area contributed by atoms with E-state index in [2.05, 4.69) is 4.98 Å². The van der Waals surface area contributed by atoms with E-state index in [1.165, 1.54) is 0 Å². The van der Waals surface area contributed by atoms with E-state index in [0.29, 0.717) is 25.1 Å². The Hall–Kier alpha value is -1.62. The molecule has 1 amide bonds. The average molecular weight is 252 g/mol. The number of amides is 1. The zero-order valence-electron chi connectivity index (χ0n) is 11.1. The van der Waals surface area contributed by atoms with Gasteiger partial charge in [-0.1, -0.05) is 0 Å². The summed E-state index contributed by atoms with van der Waals surface area (Å²) >= 11 is 0. The summed E-state index contributed by atoms with van der Waals surface area (Å²) in [7, 11) is 0. The van der Waals surface area contributed by atoms with Crippen LogP contribution in [0.25, 0.3) is 0 Å². The number of H-pyrrole nitrogens is 1. The van der Waals surface area contributed by atoms with Gasteiger partial charge in [-0.25, -0.2) is 0 Å². The molecule has 1 aromatic rings. The molecule has 1 heterocycles. The molecule has 0 aliphatic rings. The van der Waals surface area contributed by atoms with Crippen LogP contribution in [-0.4, -0.2) is 40.6 Å². The normalized spacial score (nSPS) is 10.4. The number of aliphatic hydroxyl groups is 1. The maximum Gasteiger partial charge on any atom is 0.261 e. The number of rotatable bonds is 5. The van der Waals surface area contributed by atoms with E-state index in [0.717, 1.165) is 5.69 Å². The van der Waals surface area contributed by atoms with Crippen LogP contribution >= 0.6 is 0 Å². The summed E-state index contributed by atoms with van der Waals surface area (Å²) in [4.78, 5) is 28.3. The first-order valence-electron chi connectivity index (χ1n) is 6.11. The summed E-state index contributed by atoms with van der Waals surface area (Å²) in [5.41, 5.74) is 1.27. The smallest absolute Gasteiger partial charge is 0.261 e. The largest absolute Gasteiger partial charge is 0.396 e. The van der Waals surface area contributed by atoms with Crippen LogP contribution in [0.4, 0.5) is 0 Å². The van der Waals surface area contributed by atoms with Crippen LogP contribution in [0.2, 0.25) is 0 Å². The lowest BCUT2D eigenvalue weighted by Crippen LogP contribution is -2.36. The van der Waals surface area contributed by atoms with Gasteiger partial charge in [0.15, 0.2) is 0 Å². The summed E-state index contributed by atoms with van der Waals surface area (Å²) in [6.07, 6.45) is 0.516. The molecule has 18 heavy (non-hydrogen) atoms. The molecule has 0 fully saturated rings. The van der Waals surface area contributed by atoms with E-state index in [1.807, 2.05) is 6.92 Å². The average Bonchev–Trinajstić information content (AvgIpc) is 2.28. The fourth-order valence-electron chi connectivity index (χ4n) is 1.94. The Morgan fingerprint density at radius 2 is 2.11 bits per heavy atom. The van der Waals surface area contributed by atoms with Crippen molar-refractivity contribution in [1.29, 1.82) is 0 Å². The minimum Gasteiger partial charge on any atom is -0.396 e. The molecular formula is C13H20N2O3. The van der Waals surface area contributed by atoms with E-state index in [1.54, 1.807) is 24.8 Å². The predicted molar refractivity (Wildman–Crippen MR) is 69.8 cm³/mol. The molecular weight excluding hydrogens is 232 g/mol. The number of nitrogens with zero attached hydrogens (tertiary/aromatic N) is 1. The Bertz CT molecular complexity index is 480. The highest BCUT2D eigenvalue weighted by Crippen LogP contribution is 2.07. The number of hydrogen-bond acceptors (Lipinski definition) is 3. The molecule has 5 heteroatoms. The highest BCUT2D eigenvalue weighted by Gasteiger charge is 2.19. The van der Waals surface area contributed by atoms with E-state index in [9.17, 15) is 9.59 Å².